The minimum absolute atomic E-state index is 0.0573. The molecule has 0 aliphatic rings. The maximum absolute atomic E-state index is 11.2. The van der Waals surface area contributed by atoms with Crippen LogP contribution in [0.1, 0.15) is 17.0 Å². The molecular weight excluding hydrogens is 395 g/mol. The van der Waals surface area contributed by atoms with Gasteiger partial charge in [-0.3, -0.25) is 9.55 Å². The van der Waals surface area contributed by atoms with Crippen LogP contribution in [-0.4, -0.2) is 19.8 Å². The Morgan fingerprint density at radius 3 is 2.39 bits per heavy atom. The molecule has 0 spiro atoms. The van der Waals surface area contributed by atoms with Crippen LogP contribution >= 0.6 is 23.2 Å². The largest absolute Gasteiger partial charge is 0.494 e. The van der Waals surface area contributed by atoms with Gasteiger partial charge in [0.05, 0.1) is 17.5 Å². The Balaban J connectivity index is 2.17. The van der Waals surface area contributed by atoms with Gasteiger partial charge in [-0.1, -0.05) is 47.5 Å². The van der Waals surface area contributed by atoms with Crippen LogP contribution in [0.2, 0.25) is 10.0 Å². The zero-order valence-corrected chi connectivity index (χ0v) is 16.9. The summed E-state index contributed by atoms with van der Waals surface area (Å²) in [6.07, 6.45) is 0. The minimum atomic E-state index is -0.224. The van der Waals surface area contributed by atoms with Gasteiger partial charge in [-0.2, -0.15) is 0 Å². The van der Waals surface area contributed by atoms with E-state index in [2.05, 4.69) is 4.98 Å². The molecule has 6 heteroatoms. The first-order valence-electron chi connectivity index (χ1n) is 8.79. The van der Waals surface area contributed by atoms with Crippen molar-refractivity contribution in [2.24, 2.45) is 0 Å². The van der Waals surface area contributed by atoms with E-state index < -0.39 is 0 Å². The fraction of sp³-hybridized carbons (Fsp3) is 0.136. The topological polar surface area (TPSA) is 58.3 Å². The van der Waals surface area contributed by atoms with E-state index in [9.17, 15) is 10.2 Å². The molecule has 4 nitrogen and oxygen atoms in total. The summed E-state index contributed by atoms with van der Waals surface area (Å²) in [5.41, 5.74) is 4.95. The van der Waals surface area contributed by atoms with Crippen LogP contribution in [0.4, 0.5) is 0 Å². The molecule has 0 radical (unpaired) electrons. The molecule has 4 rings (SSSR count). The van der Waals surface area contributed by atoms with E-state index in [0.717, 1.165) is 11.4 Å². The van der Waals surface area contributed by atoms with Crippen LogP contribution in [0.25, 0.3) is 27.7 Å². The van der Waals surface area contributed by atoms with Crippen molar-refractivity contribution in [3.05, 3.63) is 75.5 Å². The van der Waals surface area contributed by atoms with Gasteiger partial charge in [-0.25, -0.2) is 0 Å². The number of aliphatic hydroxyl groups is 1. The Labute approximate surface area is 172 Å². The molecule has 0 aliphatic carbocycles. The molecule has 0 amide bonds. The van der Waals surface area contributed by atoms with Gasteiger partial charge < -0.3 is 10.2 Å². The average molecular weight is 413 g/mol. The van der Waals surface area contributed by atoms with Crippen LogP contribution in [-0.2, 0) is 6.61 Å². The van der Waals surface area contributed by atoms with Crippen molar-refractivity contribution in [3.63, 3.8) is 0 Å². The van der Waals surface area contributed by atoms with Crippen molar-refractivity contribution in [2.45, 2.75) is 20.5 Å². The molecule has 0 bridgehead atoms. The highest BCUT2D eigenvalue weighted by Crippen LogP contribution is 2.44. The molecular formula is C22H18Cl2N2O2. The highest BCUT2D eigenvalue weighted by Gasteiger charge is 2.24. The van der Waals surface area contributed by atoms with Crippen molar-refractivity contribution < 1.29 is 10.2 Å². The summed E-state index contributed by atoms with van der Waals surface area (Å²) in [4.78, 5) is 4.68. The normalized spacial score (nSPS) is 11.3. The molecule has 0 saturated carbocycles. The summed E-state index contributed by atoms with van der Waals surface area (Å²) < 4.78 is 1.76. The van der Waals surface area contributed by atoms with Gasteiger partial charge in [-0.05, 0) is 38.1 Å². The quantitative estimate of drug-likeness (QED) is 0.445. The fourth-order valence-electron chi connectivity index (χ4n) is 3.67. The lowest BCUT2D eigenvalue weighted by atomic mass is 9.95. The Hall–Kier alpha value is -2.53. The second kappa shape index (κ2) is 7.13. The van der Waals surface area contributed by atoms with Crippen molar-refractivity contribution in [1.82, 2.24) is 9.55 Å². The number of benzene rings is 2. The third kappa shape index (κ3) is 2.85. The fourth-order valence-corrected chi connectivity index (χ4v) is 4.18. The first-order chi connectivity index (χ1) is 13.4. The van der Waals surface area contributed by atoms with Crippen LogP contribution in [0.3, 0.4) is 0 Å². The first kappa shape index (κ1) is 18.8. The highest BCUT2D eigenvalue weighted by molar-refractivity contribution is 6.36. The maximum atomic E-state index is 11.2. The summed E-state index contributed by atoms with van der Waals surface area (Å²) in [6.45, 7) is 3.53. The number of aromatic hydroxyl groups is 1. The number of nitrogens with zero attached hydrogens (tertiary/aromatic N) is 2. The summed E-state index contributed by atoms with van der Waals surface area (Å²) in [6, 6.07) is 14.8. The molecule has 142 valence electrons. The summed E-state index contributed by atoms with van der Waals surface area (Å²) >= 11 is 12.6. The lowest BCUT2D eigenvalue weighted by Crippen LogP contribution is -1.99. The average Bonchev–Trinajstić information content (AvgIpc) is 2.92. The van der Waals surface area contributed by atoms with E-state index in [4.69, 9.17) is 23.2 Å². The molecule has 2 heterocycles. The number of aryl methyl sites for hydroxylation is 2. The summed E-state index contributed by atoms with van der Waals surface area (Å²) in [5, 5.41) is 22.8. The van der Waals surface area contributed by atoms with Gasteiger partial charge in [0, 0.05) is 43.8 Å². The highest BCUT2D eigenvalue weighted by atomic mass is 35.5. The van der Waals surface area contributed by atoms with E-state index in [1.54, 1.807) is 22.8 Å². The molecule has 0 unspecified atom stereocenters. The van der Waals surface area contributed by atoms with Crippen molar-refractivity contribution >= 4 is 34.1 Å². The first-order valence-corrected chi connectivity index (χ1v) is 9.54. The second-order valence-electron chi connectivity index (χ2n) is 6.64. The smallest absolute Gasteiger partial charge is 0.206 e. The van der Waals surface area contributed by atoms with Crippen molar-refractivity contribution in [1.29, 1.82) is 0 Å². The van der Waals surface area contributed by atoms with Crippen molar-refractivity contribution in [3.8, 4) is 22.7 Å². The number of fused-ring (bicyclic) bond motifs is 1. The van der Waals surface area contributed by atoms with Crippen LogP contribution in [0.15, 0.2) is 48.5 Å². The molecule has 0 atom stereocenters. The second-order valence-corrected chi connectivity index (χ2v) is 7.48. The van der Waals surface area contributed by atoms with E-state index in [1.807, 2.05) is 44.2 Å². The molecule has 4 aromatic rings. The number of aromatic nitrogens is 2. The number of aliphatic hydroxyl groups excluding tert-OH is 1. The van der Waals surface area contributed by atoms with Gasteiger partial charge >= 0.3 is 0 Å². The zero-order valence-electron chi connectivity index (χ0n) is 15.4. The molecule has 2 aromatic heterocycles. The lowest BCUT2D eigenvalue weighted by Gasteiger charge is -2.14. The van der Waals surface area contributed by atoms with E-state index in [-0.39, 0.29) is 12.5 Å². The number of para-hydroxylation sites is 1. The molecule has 2 N–H and O–H groups in total. The summed E-state index contributed by atoms with van der Waals surface area (Å²) in [7, 11) is 0. The van der Waals surface area contributed by atoms with E-state index in [0.29, 0.717) is 43.3 Å². The minimum Gasteiger partial charge on any atom is -0.494 e. The van der Waals surface area contributed by atoms with Crippen LogP contribution in [0.5, 0.6) is 5.88 Å². The van der Waals surface area contributed by atoms with Crippen molar-refractivity contribution in [2.75, 3.05) is 0 Å². The van der Waals surface area contributed by atoms with Gasteiger partial charge in [0.2, 0.25) is 5.88 Å². The molecule has 0 aliphatic heterocycles. The Morgan fingerprint density at radius 2 is 1.75 bits per heavy atom. The van der Waals surface area contributed by atoms with E-state index in [1.165, 1.54) is 0 Å². The van der Waals surface area contributed by atoms with Gasteiger partial charge in [0.1, 0.15) is 0 Å². The molecule has 0 saturated heterocycles. The third-order valence-corrected chi connectivity index (χ3v) is 5.54. The predicted molar refractivity (Wildman–Crippen MR) is 114 cm³/mol. The van der Waals surface area contributed by atoms with E-state index >= 15 is 0 Å². The SMILES string of the molecule is Cc1nc2c(C)n(-c3ccccc3)c(O)c2c(-c2ccc(Cl)cc2Cl)c1CO. The van der Waals surface area contributed by atoms with Crippen LogP contribution in [0, 0.1) is 13.8 Å². The number of halogens is 2. The van der Waals surface area contributed by atoms with Gasteiger partial charge in [0.25, 0.3) is 0 Å². The van der Waals surface area contributed by atoms with Crippen LogP contribution < -0.4 is 0 Å². The standard InChI is InChI=1S/C22H18Cl2N2O2/c1-12-17(11-27)19(16-9-8-14(23)10-18(16)24)20-21(25-12)13(2)26(22(20)28)15-6-4-3-5-7-15/h3-10,27-28H,11H2,1-2H3. The molecule has 2 aromatic carbocycles. The lowest BCUT2D eigenvalue weighted by molar-refractivity contribution is 0.281. The monoisotopic (exact) mass is 412 g/mol. The number of hydrogen-bond acceptors (Lipinski definition) is 3. The molecule has 28 heavy (non-hydrogen) atoms. The van der Waals surface area contributed by atoms with Gasteiger partial charge in [0.15, 0.2) is 0 Å². The number of pyridine rings is 1. The number of hydrogen-bond donors (Lipinski definition) is 2. The third-order valence-electron chi connectivity index (χ3n) is 4.99. The Bertz CT molecular complexity index is 1200. The predicted octanol–water partition coefficient (Wildman–Crippen LogP) is 5.81. The zero-order chi connectivity index (χ0) is 20.0. The number of rotatable bonds is 3. The summed E-state index contributed by atoms with van der Waals surface area (Å²) in [5.74, 6) is 0.0573. The maximum Gasteiger partial charge on any atom is 0.206 e. The molecule has 0 fully saturated rings. The Kier molecular flexibility index (Phi) is 4.79. The Morgan fingerprint density at radius 1 is 1.04 bits per heavy atom. The van der Waals surface area contributed by atoms with Gasteiger partial charge in [-0.15, -0.1) is 0 Å².